The summed E-state index contributed by atoms with van der Waals surface area (Å²) in [5, 5.41) is 24.0. The minimum Gasteiger partial charge on any atom is -0.497 e. The van der Waals surface area contributed by atoms with Gasteiger partial charge in [-0.2, -0.15) is 0 Å². The molecular weight excluding hydrogens is 719 g/mol. The van der Waals surface area contributed by atoms with Gasteiger partial charge in [-0.25, -0.2) is 4.79 Å². The van der Waals surface area contributed by atoms with Gasteiger partial charge in [0.25, 0.3) is 5.91 Å². The molecule has 2 aliphatic rings. The smallest absolute Gasteiger partial charge is 0.352 e. The molecule has 2 saturated heterocycles. The quantitative estimate of drug-likeness (QED) is 0.0898. The predicted octanol–water partition coefficient (Wildman–Crippen LogP) is 7.81. The van der Waals surface area contributed by atoms with Crippen LogP contribution in [0.5, 0.6) is 11.5 Å². The first kappa shape index (κ1) is 39.6. The summed E-state index contributed by atoms with van der Waals surface area (Å²) in [6, 6.07) is 32.0. The van der Waals surface area contributed by atoms with Crippen LogP contribution in [-0.4, -0.2) is 106 Å². The Bertz CT molecular complexity index is 2270. The van der Waals surface area contributed by atoms with E-state index in [0.717, 1.165) is 114 Å². The molecule has 0 saturated carbocycles. The number of hydrogen-bond acceptors (Lipinski definition) is 7. The van der Waals surface area contributed by atoms with Gasteiger partial charge in [0.05, 0.1) is 19.8 Å². The standard InChI is InChI=1S/C30H40N4O3.C16H13NO3/c1-3-37-25-9-7-22(8-10-25)26-5-4-6-28-27(26)19-29(32-28)30(36)31-23-11-15-33(16-12-23)20-21(2)34-17-13-24(35)14-18-34;1-20-11-7-5-10(6-8-11)12-3-2-4-14-13(12)9-15(17-14)16(18)19/h4-10,19,21,23-24,32,35H,3,11-18,20H2,1-2H3,(H,31,36);2-9,17H,1H3,(H,18,19)/t21-;/m0./s1. The van der Waals surface area contributed by atoms with Crippen LogP contribution in [0.4, 0.5) is 0 Å². The predicted molar refractivity (Wildman–Crippen MR) is 225 cm³/mol. The number of carbonyl (C=O) groups is 2. The number of carboxylic acid groups (broad SMARTS) is 1. The molecular formula is C46H53N5O6. The van der Waals surface area contributed by atoms with E-state index in [1.165, 1.54) is 0 Å². The number of aliphatic hydroxyl groups excluding tert-OH is 1. The van der Waals surface area contributed by atoms with E-state index in [4.69, 9.17) is 14.6 Å². The Labute approximate surface area is 333 Å². The molecule has 0 unspecified atom stereocenters. The normalized spacial score (nSPS) is 16.2. The summed E-state index contributed by atoms with van der Waals surface area (Å²) in [6.07, 6.45) is 3.57. The summed E-state index contributed by atoms with van der Waals surface area (Å²) in [7, 11) is 1.63. The highest BCUT2D eigenvalue weighted by molar-refractivity contribution is 6.03. The van der Waals surface area contributed by atoms with Crippen molar-refractivity contribution in [1.82, 2.24) is 25.1 Å². The molecule has 5 N–H and O–H groups in total. The molecule has 1 amide bonds. The van der Waals surface area contributed by atoms with Crippen LogP contribution in [0.1, 0.15) is 60.5 Å². The first-order valence-corrected chi connectivity index (χ1v) is 20.0. The fourth-order valence-corrected chi connectivity index (χ4v) is 8.06. The number of fused-ring (bicyclic) bond motifs is 2. The summed E-state index contributed by atoms with van der Waals surface area (Å²) in [4.78, 5) is 35.4. The monoisotopic (exact) mass is 771 g/mol. The number of aliphatic hydroxyl groups is 1. The molecule has 0 spiro atoms. The van der Waals surface area contributed by atoms with Crippen LogP contribution >= 0.6 is 0 Å². The van der Waals surface area contributed by atoms with Crippen molar-refractivity contribution in [3.05, 3.63) is 108 Å². The minimum absolute atomic E-state index is 0.0347. The summed E-state index contributed by atoms with van der Waals surface area (Å²) >= 11 is 0. The Balaban J connectivity index is 0.000000208. The molecule has 4 aromatic carbocycles. The van der Waals surface area contributed by atoms with Gasteiger partial charge in [0.2, 0.25) is 0 Å². The lowest BCUT2D eigenvalue weighted by atomic mass is 10.0. The van der Waals surface area contributed by atoms with Crippen molar-refractivity contribution in [2.24, 2.45) is 0 Å². The van der Waals surface area contributed by atoms with E-state index >= 15 is 0 Å². The number of carboxylic acids is 1. The van der Waals surface area contributed by atoms with Crippen molar-refractivity contribution in [2.75, 3.05) is 46.4 Å². The zero-order chi connectivity index (χ0) is 39.9. The third-order valence-electron chi connectivity index (χ3n) is 11.2. The number of nitrogens with one attached hydrogen (secondary N) is 3. The van der Waals surface area contributed by atoms with Gasteiger partial charge in [-0.1, -0.05) is 48.5 Å². The summed E-state index contributed by atoms with van der Waals surface area (Å²) in [6.45, 7) is 9.94. The molecule has 6 aromatic rings. The van der Waals surface area contributed by atoms with Crippen molar-refractivity contribution in [3.8, 4) is 33.8 Å². The average molecular weight is 772 g/mol. The molecule has 11 nitrogen and oxygen atoms in total. The van der Waals surface area contributed by atoms with Crippen molar-refractivity contribution in [2.45, 2.75) is 57.7 Å². The van der Waals surface area contributed by atoms with Crippen LogP contribution in [0.15, 0.2) is 97.1 Å². The first-order valence-electron chi connectivity index (χ1n) is 20.0. The Morgan fingerprint density at radius 2 is 1.32 bits per heavy atom. The lowest BCUT2D eigenvalue weighted by Crippen LogP contribution is -2.50. The summed E-state index contributed by atoms with van der Waals surface area (Å²) < 4.78 is 10.7. The van der Waals surface area contributed by atoms with Crippen LogP contribution in [0, 0.1) is 0 Å². The number of likely N-dealkylation sites (tertiary alicyclic amines) is 2. The van der Waals surface area contributed by atoms with Crippen molar-refractivity contribution in [3.63, 3.8) is 0 Å². The van der Waals surface area contributed by atoms with Gasteiger partial charge in [-0.3, -0.25) is 9.69 Å². The molecule has 298 valence electrons. The number of methoxy groups -OCH3 is 1. The maximum Gasteiger partial charge on any atom is 0.352 e. The number of nitrogens with zero attached hydrogens (tertiary/aromatic N) is 2. The number of rotatable bonds is 11. The van der Waals surface area contributed by atoms with Gasteiger partial charge in [0.1, 0.15) is 22.9 Å². The maximum absolute atomic E-state index is 13.1. The van der Waals surface area contributed by atoms with Gasteiger partial charge >= 0.3 is 5.97 Å². The van der Waals surface area contributed by atoms with Gasteiger partial charge in [-0.05, 0) is 110 Å². The molecule has 2 aromatic heterocycles. The number of carbonyl (C=O) groups excluding carboxylic acids is 1. The fraction of sp³-hybridized carbons (Fsp3) is 0.348. The fourth-order valence-electron chi connectivity index (χ4n) is 8.06. The molecule has 2 fully saturated rings. The van der Waals surface area contributed by atoms with E-state index in [-0.39, 0.29) is 23.7 Å². The third kappa shape index (κ3) is 9.51. The van der Waals surface area contributed by atoms with E-state index in [9.17, 15) is 14.7 Å². The highest BCUT2D eigenvalue weighted by Gasteiger charge is 2.26. The number of aromatic nitrogens is 2. The van der Waals surface area contributed by atoms with Crippen LogP contribution < -0.4 is 14.8 Å². The van der Waals surface area contributed by atoms with E-state index in [1.807, 2.05) is 79.7 Å². The van der Waals surface area contributed by atoms with Crippen LogP contribution in [0.2, 0.25) is 0 Å². The summed E-state index contributed by atoms with van der Waals surface area (Å²) in [5.74, 6) is 0.662. The van der Waals surface area contributed by atoms with Crippen molar-refractivity contribution < 1.29 is 29.3 Å². The second-order valence-electron chi connectivity index (χ2n) is 15.1. The number of piperidine rings is 2. The van der Waals surface area contributed by atoms with E-state index < -0.39 is 5.97 Å². The SMILES string of the molecule is CCOc1ccc(-c2cccc3[nH]c(C(=O)NC4CCN(C[C@H](C)N5CCC(O)CC5)CC4)cc23)cc1.COc1ccc(-c2cccc3[nH]c(C(=O)O)cc23)cc1. The largest absolute Gasteiger partial charge is 0.497 e. The van der Waals surface area contributed by atoms with Gasteiger partial charge in [-0.15, -0.1) is 0 Å². The number of aromatic amines is 2. The number of amides is 1. The molecule has 57 heavy (non-hydrogen) atoms. The highest BCUT2D eigenvalue weighted by atomic mass is 16.5. The number of benzene rings is 4. The zero-order valence-corrected chi connectivity index (χ0v) is 33.0. The molecule has 8 rings (SSSR count). The van der Waals surface area contributed by atoms with Gasteiger partial charge in [0, 0.05) is 66.6 Å². The first-order chi connectivity index (χ1) is 27.7. The molecule has 2 aliphatic heterocycles. The molecule has 0 bridgehead atoms. The van der Waals surface area contributed by atoms with Crippen LogP contribution in [0.3, 0.4) is 0 Å². The Kier molecular flexibility index (Phi) is 12.6. The Morgan fingerprint density at radius 1 is 0.772 bits per heavy atom. The van der Waals surface area contributed by atoms with Crippen LogP contribution in [0.25, 0.3) is 44.1 Å². The van der Waals surface area contributed by atoms with Gasteiger partial charge < -0.3 is 39.9 Å². The number of ether oxygens (including phenoxy) is 2. The summed E-state index contributed by atoms with van der Waals surface area (Å²) in [5.41, 5.74) is 6.80. The third-order valence-corrected chi connectivity index (χ3v) is 11.2. The molecule has 1 atom stereocenters. The maximum atomic E-state index is 13.1. The average Bonchev–Trinajstić information content (AvgIpc) is 3.89. The van der Waals surface area contributed by atoms with Crippen molar-refractivity contribution in [1.29, 1.82) is 0 Å². The van der Waals surface area contributed by atoms with Crippen LogP contribution in [-0.2, 0) is 0 Å². The van der Waals surface area contributed by atoms with E-state index in [2.05, 4.69) is 50.2 Å². The number of aromatic carboxylic acids is 1. The highest BCUT2D eigenvalue weighted by Crippen LogP contribution is 2.32. The van der Waals surface area contributed by atoms with Gasteiger partial charge in [0.15, 0.2) is 0 Å². The minimum atomic E-state index is -0.957. The molecule has 4 heterocycles. The lowest BCUT2D eigenvalue weighted by molar-refractivity contribution is 0.0497. The second-order valence-corrected chi connectivity index (χ2v) is 15.1. The second kappa shape index (κ2) is 18.1. The molecule has 11 heteroatoms. The van der Waals surface area contributed by atoms with E-state index in [0.29, 0.717) is 18.3 Å². The lowest BCUT2D eigenvalue weighted by Gasteiger charge is -2.39. The van der Waals surface area contributed by atoms with E-state index in [1.54, 1.807) is 13.2 Å². The Hall–Kier alpha value is -5.62. The molecule has 0 radical (unpaired) electrons. The number of H-pyrrole nitrogens is 2. The zero-order valence-electron chi connectivity index (χ0n) is 33.0. The topological polar surface area (TPSA) is 143 Å². The number of hydrogen-bond donors (Lipinski definition) is 5. The molecule has 0 aliphatic carbocycles. The Morgan fingerprint density at radius 3 is 1.86 bits per heavy atom. The van der Waals surface area contributed by atoms with Crippen molar-refractivity contribution >= 4 is 33.7 Å².